The molecular formula is C10H11N2O2+. The van der Waals surface area contributed by atoms with Crippen molar-refractivity contribution < 1.29 is 14.9 Å². The summed E-state index contributed by atoms with van der Waals surface area (Å²) in [6.45, 7) is 0. The lowest BCUT2D eigenvalue weighted by molar-refractivity contribution is -0.635. The predicted molar refractivity (Wildman–Crippen MR) is 51.0 cm³/mol. The van der Waals surface area contributed by atoms with Crippen molar-refractivity contribution in [3.05, 3.63) is 29.8 Å². The number of ketones is 1. The minimum Gasteiger partial charge on any atom is -0.332 e. The van der Waals surface area contributed by atoms with Crippen LogP contribution < -0.4 is 10.6 Å². The predicted octanol–water partition coefficient (Wildman–Crippen LogP) is -0.617. The number of amides is 1. The van der Waals surface area contributed by atoms with Crippen LogP contribution in [0.1, 0.15) is 10.4 Å². The normalized spacial score (nSPS) is 20.2. The zero-order valence-corrected chi connectivity index (χ0v) is 7.78. The molecule has 3 N–H and O–H groups in total. The first kappa shape index (κ1) is 8.90. The third-order valence-electron chi connectivity index (χ3n) is 2.35. The van der Waals surface area contributed by atoms with Crippen LogP contribution in [0.15, 0.2) is 24.3 Å². The Hall–Kier alpha value is -1.68. The zero-order chi connectivity index (χ0) is 10.1. The Labute approximate surface area is 81.3 Å². The van der Waals surface area contributed by atoms with Gasteiger partial charge in [0.15, 0.2) is 0 Å². The van der Waals surface area contributed by atoms with Crippen LogP contribution in [0.3, 0.4) is 0 Å². The van der Waals surface area contributed by atoms with E-state index in [1.54, 1.807) is 36.6 Å². The van der Waals surface area contributed by atoms with E-state index in [2.05, 4.69) is 5.32 Å². The lowest BCUT2D eigenvalue weighted by atomic mass is 9.98. The molecule has 72 valence electrons. The minimum absolute atomic E-state index is 0.119. The monoisotopic (exact) mass is 191 g/mol. The first-order chi connectivity index (χ1) is 6.74. The summed E-state index contributed by atoms with van der Waals surface area (Å²) in [6.07, 6.45) is 0. The molecule has 1 amide bonds. The first-order valence-electron chi connectivity index (χ1n) is 4.47. The molecule has 1 aliphatic heterocycles. The molecule has 0 aliphatic carbocycles. The molecule has 2 rings (SSSR count). The van der Waals surface area contributed by atoms with Gasteiger partial charge in [-0.2, -0.15) is 0 Å². The van der Waals surface area contributed by atoms with E-state index in [-0.39, 0.29) is 11.7 Å². The van der Waals surface area contributed by atoms with Crippen LogP contribution >= 0.6 is 0 Å². The smallest absolute Gasteiger partial charge is 0.291 e. The average Bonchev–Trinajstić information content (AvgIpc) is 2.18. The maximum atomic E-state index is 11.8. The molecular weight excluding hydrogens is 180 g/mol. The number of hydrogen-bond donors (Lipinski definition) is 2. The second-order valence-electron chi connectivity index (χ2n) is 3.21. The summed E-state index contributed by atoms with van der Waals surface area (Å²) in [4.78, 5) is 23.2. The highest BCUT2D eigenvalue weighted by Gasteiger charge is 2.35. The van der Waals surface area contributed by atoms with Gasteiger partial charge in [-0.25, -0.2) is 0 Å². The van der Waals surface area contributed by atoms with Gasteiger partial charge in [0.1, 0.15) is 0 Å². The molecule has 0 spiro atoms. The second-order valence-corrected chi connectivity index (χ2v) is 3.21. The quantitative estimate of drug-likeness (QED) is 0.581. The summed E-state index contributed by atoms with van der Waals surface area (Å²) < 4.78 is 0. The summed E-state index contributed by atoms with van der Waals surface area (Å²) in [5.74, 6) is -0.358. The Balaban J connectivity index is 2.49. The fourth-order valence-corrected chi connectivity index (χ4v) is 1.61. The SMILES string of the molecule is C[NH2+][C@H]1C(=O)Nc2ccccc2C1=O. The van der Waals surface area contributed by atoms with Gasteiger partial charge in [-0.3, -0.25) is 9.59 Å². The fourth-order valence-electron chi connectivity index (χ4n) is 1.61. The van der Waals surface area contributed by atoms with Gasteiger partial charge in [0.25, 0.3) is 5.91 Å². The summed E-state index contributed by atoms with van der Waals surface area (Å²) in [5, 5.41) is 4.32. The van der Waals surface area contributed by atoms with Gasteiger partial charge in [-0.05, 0) is 12.1 Å². The van der Waals surface area contributed by atoms with Gasteiger partial charge in [-0.1, -0.05) is 12.1 Å². The van der Waals surface area contributed by atoms with Crippen LogP contribution in [-0.4, -0.2) is 24.8 Å². The van der Waals surface area contributed by atoms with Crippen LogP contribution in [0.4, 0.5) is 5.69 Å². The van der Waals surface area contributed by atoms with Crippen molar-refractivity contribution >= 4 is 17.4 Å². The summed E-state index contributed by atoms with van der Waals surface area (Å²) >= 11 is 0. The molecule has 0 fully saturated rings. The third kappa shape index (κ3) is 1.20. The van der Waals surface area contributed by atoms with Crippen molar-refractivity contribution in [2.75, 3.05) is 12.4 Å². The zero-order valence-electron chi connectivity index (χ0n) is 7.78. The van der Waals surface area contributed by atoms with E-state index < -0.39 is 6.04 Å². The van der Waals surface area contributed by atoms with Crippen LogP contribution in [-0.2, 0) is 4.79 Å². The van der Waals surface area contributed by atoms with Crippen molar-refractivity contribution in [2.45, 2.75) is 6.04 Å². The largest absolute Gasteiger partial charge is 0.332 e. The van der Waals surface area contributed by atoms with Gasteiger partial charge in [-0.15, -0.1) is 0 Å². The number of quaternary nitrogens is 1. The number of fused-ring (bicyclic) bond motifs is 1. The third-order valence-corrected chi connectivity index (χ3v) is 2.35. The lowest BCUT2D eigenvalue weighted by Crippen LogP contribution is -2.91. The molecule has 14 heavy (non-hydrogen) atoms. The Bertz CT molecular complexity index is 401. The molecule has 4 nitrogen and oxygen atoms in total. The Morgan fingerprint density at radius 2 is 2.00 bits per heavy atom. The molecule has 0 saturated heterocycles. The van der Waals surface area contributed by atoms with E-state index in [1.807, 2.05) is 0 Å². The fraction of sp³-hybridized carbons (Fsp3) is 0.200. The van der Waals surface area contributed by atoms with E-state index in [0.29, 0.717) is 11.3 Å². The van der Waals surface area contributed by atoms with Crippen molar-refractivity contribution in [3.8, 4) is 0 Å². The maximum Gasteiger partial charge on any atom is 0.291 e. The minimum atomic E-state index is -0.634. The van der Waals surface area contributed by atoms with Crippen molar-refractivity contribution in [2.24, 2.45) is 0 Å². The molecule has 1 aromatic carbocycles. The van der Waals surface area contributed by atoms with Crippen LogP contribution in [0, 0.1) is 0 Å². The van der Waals surface area contributed by atoms with E-state index in [0.717, 1.165) is 0 Å². The van der Waals surface area contributed by atoms with Gasteiger partial charge in [0.05, 0.1) is 12.7 Å². The number of Topliss-reactive ketones (excluding diaryl/α,β-unsaturated/α-hetero) is 1. The van der Waals surface area contributed by atoms with Crippen molar-refractivity contribution in [1.29, 1.82) is 0 Å². The number of carbonyl (C=O) groups excluding carboxylic acids is 2. The van der Waals surface area contributed by atoms with E-state index in [1.165, 1.54) is 0 Å². The number of benzene rings is 1. The molecule has 1 aliphatic rings. The molecule has 1 heterocycles. The highest BCUT2D eigenvalue weighted by Crippen LogP contribution is 2.20. The number of nitrogens with one attached hydrogen (secondary N) is 1. The Morgan fingerprint density at radius 3 is 2.71 bits per heavy atom. The molecule has 4 heteroatoms. The lowest BCUT2D eigenvalue weighted by Gasteiger charge is -2.20. The van der Waals surface area contributed by atoms with E-state index >= 15 is 0 Å². The first-order valence-corrected chi connectivity index (χ1v) is 4.47. The topological polar surface area (TPSA) is 62.8 Å². The number of likely N-dealkylation sites (N-methyl/N-ethyl adjacent to an activating group) is 1. The average molecular weight is 191 g/mol. The standard InChI is InChI=1S/C10H10N2O2/c1-11-8-9(13)6-4-2-3-5-7(6)12-10(8)14/h2-5,8,11H,1H3,(H,12,14)/p+1/t8-/m1/s1. The van der Waals surface area contributed by atoms with Gasteiger partial charge < -0.3 is 10.6 Å². The number of hydrogen-bond acceptors (Lipinski definition) is 2. The van der Waals surface area contributed by atoms with Crippen LogP contribution in [0.25, 0.3) is 0 Å². The van der Waals surface area contributed by atoms with Crippen LogP contribution in [0.5, 0.6) is 0 Å². The highest BCUT2D eigenvalue weighted by atomic mass is 16.2. The Morgan fingerprint density at radius 1 is 1.29 bits per heavy atom. The van der Waals surface area contributed by atoms with Crippen molar-refractivity contribution in [3.63, 3.8) is 0 Å². The number of para-hydroxylation sites is 1. The molecule has 1 aromatic rings. The van der Waals surface area contributed by atoms with E-state index in [9.17, 15) is 9.59 Å². The molecule has 0 aromatic heterocycles. The van der Waals surface area contributed by atoms with Gasteiger partial charge in [0.2, 0.25) is 11.8 Å². The molecule has 0 bridgehead atoms. The number of anilines is 1. The van der Waals surface area contributed by atoms with Crippen molar-refractivity contribution in [1.82, 2.24) is 0 Å². The Kier molecular flexibility index (Phi) is 2.05. The summed E-state index contributed by atoms with van der Waals surface area (Å²) in [5.41, 5.74) is 1.20. The number of nitrogens with two attached hydrogens (primary N) is 1. The molecule has 0 radical (unpaired) electrons. The molecule has 1 atom stereocenters. The molecule has 0 unspecified atom stereocenters. The summed E-state index contributed by atoms with van der Waals surface area (Å²) in [7, 11) is 1.72. The maximum absolute atomic E-state index is 11.8. The number of carbonyl (C=O) groups is 2. The molecule has 0 saturated carbocycles. The van der Waals surface area contributed by atoms with E-state index in [4.69, 9.17) is 0 Å². The number of rotatable bonds is 1. The summed E-state index contributed by atoms with van der Waals surface area (Å²) in [6, 6.07) is 6.42. The van der Waals surface area contributed by atoms with Gasteiger partial charge in [0, 0.05) is 5.56 Å². The van der Waals surface area contributed by atoms with Crippen LogP contribution in [0.2, 0.25) is 0 Å². The highest BCUT2D eigenvalue weighted by molar-refractivity contribution is 6.22. The van der Waals surface area contributed by atoms with Gasteiger partial charge >= 0.3 is 0 Å². The second kappa shape index (κ2) is 3.23.